The predicted molar refractivity (Wildman–Crippen MR) is 82.6 cm³/mol. The smallest absolute Gasteiger partial charge is 0.150 e. The summed E-state index contributed by atoms with van der Waals surface area (Å²) in [6.07, 6.45) is 1.71. The van der Waals surface area contributed by atoms with Crippen LogP contribution in [-0.2, 0) is 12.8 Å². The maximum absolute atomic E-state index is 6.19. The highest BCUT2D eigenvalue weighted by atomic mass is 79.9. The van der Waals surface area contributed by atoms with Crippen molar-refractivity contribution in [2.45, 2.75) is 45.7 Å². The van der Waals surface area contributed by atoms with Crippen LogP contribution in [0.2, 0.25) is 0 Å². The minimum Gasteiger partial charge on any atom is -0.326 e. The van der Waals surface area contributed by atoms with Gasteiger partial charge < -0.3 is 5.73 Å². The van der Waals surface area contributed by atoms with Gasteiger partial charge in [0.1, 0.15) is 11.9 Å². The lowest BCUT2D eigenvalue weighted by atomic mass is 10.1. The van der Waals surface area contributed by atoms with Crippen molar-refractivity contribution in [1.29, 1.82) is 0 Å². The molecule has 2 heterocycles. The Kier molecular flexibility index (Phi) is 4.76. The van der Waals surface area contributed by atoms with Gasteiger partial charge in [-0.2, -0.15) is 5.10 Å². The molecule has 0 aliphatic rings. The molecule has 0 radical (unpaired) electrons. The van der Waals surface area contributed by atoms with Gasteiger partial charge in [0, 0.05) is 23.8 Å². The Morgan fingerprint density at radius 3 is 2.58 bits per heavy atom. The maximum Gasteiger partial charge on any atom is 0.150 e. The van der Waals surface area contributed by atoms with Crippen molar-refractivity contribution in [3.05, 3.63) is 32.4 Å². The van der Waals surface area contributed by atoms with Crippen LogP contribution in [0.3, 0.4) is 0 Å². The third-order valence-corrected chi connectivity index (χ3v) is 4.72. The van der Waals surface area contributed by atoms with Crippen LogP contribution in [0.1, 0.15) is 43.3 Å². The summed E-state index contributed by atoms with van der Waals surface area (Å²) in [5.74, 6) is 1.89. The SMILES string of the molecule is CCc1nc(CC)n(C(c2ccc(Br)s2)C(C)N)n1. The quantitative estimate of drug-likeness (QED) is 0.907. The first kappa shape index (κ1) is 14.7. The van der Waals surface area contributed by atoms with Gasteiger partial charge in [-0.1, -0.05) is 13.8 Å². The third kappa shape index (κ3) is 3.07. The number of nitrogens with zero attached hydrogens (tertiary/aromatic N) is 3. The van der Waals surface area contributed by atoms with Crippen LogP contribution in [-0.4, -0.2) is 20.8 Å². The molecule has 0 spiro atoms. The number of halogens is 1. The summed E-state index contributed by atoms with van der Waals surface area (Å²) in [5.41, 5.74) is 6.19. The first-order valence-electron chi connectivity index (χ1n) is 6.51. The minimum atomic E-state index is -0.0118. The number of hydrogen-bond donors (Lipinski definition) is 1. The van der Waals surface area contributed by atoms with Crippen LogP contribution < -0.4 is 5.73 Å². The lowest BCUT2D eigenvalue weighted by molar-refractivity contribution is 0.442. The average Bonchev–Trinajstić information content (AvgIpc) is 2.96. The van der Waals surface area contributed by atoms with E-state index in [0.29, 0.717) is 0 Å². The Balaban J connectivity index is 2.47. The molecular formula is C13H19BrN4S. The molecule has 2 atom stereocenters. The van der Waals surface area contributed by atoms with Crippen molar-refractivity contribution >= 4 is 27.3 Å². The number of rotatable bonds is 5. The Bertz CT molecular complexity index is 547. The van der Waals surface area contributed by atoms with E-state index in [1.807, 2.05) is 11.6 Å². The second-order valence-electron chi connectivity index (χ2n) is 4.54. The molecule has 0 aliphatic carbocycles. The van der Waals surface area contributed by atoms with Gasteiger partial charge in [-0.15, -0.1) is 11.3 Å². The van der Waals surface area contributed by atoms with Gasteiger partial charge in [0.2, 0.25) is 0 Å². The fourth-order valence-electron chi connectivity index (χ4n) is 2.11. The number of aromatic nitrogens is 3. The molecule has 2 aromatic heterocycles. The van der Waals surface area contributed by atoms with Gasteiger partial charge in [0.15, 0.2) is 5.82 Å². The van der Waals surface area contributed by atoms with Gasteiger partial charge >= 0.3 is 0 Å². The zero-order valence-electron chi connectivity index (χ0n) is 11.4. The molecule has 2 aromatic rings. The largest absolute Gasteiger partial charge is 0.326 e. The van der Waals surface area contributed by atoms with E-state index in [1.165, 1.54) is 4.88 Å². The highest BCUT2D eigenvalue weighted by molar-refractivity contribution is 9.11. The Morgan fingerprint density at radius 1 is 1.37 bits per heavy atom. The summed E-state index contributed by atoms with van der Waals surface area (Å²) < 4.78 is 3.11. The molecule has 0 saturated carbocycles. The first-order chi connectivity index (χ1) is 9.06. The van der Waals surface area contributed by atoms with E-state index in [0.717, 1.165) is 28.3 Å². The first-order valence-corrected chi connectivity index (χ1v) is 8.12. The second-order valence-corrected chi connectivity index (χ2v) is 7.04. The van der Waals surface area contributed by atoms with Crippen molar-refractivity contribution < 1.29 is 0 Å². The average molecular weight is 343 g/mol. The van der Waals surface area contributed by atoms with E-state index >= 15 is 0 Å². The second kappa shape index (κ2) is 6.15. The van der Waals surface area contributed by atoms with Crippen molar-refractivity contribution in [2.24, 2.45) is 5.73 Å². The van der Waals surface area contributed by atoms with Crippen LogP contribution in [0.15, 0.2) is 15.9 Å². The molecule has 2 N–H and O–H groups in total. The van der Waals surface area contributed by atoms with Gasteiger partial charge in [-0.3, -0.25) is 0 Å². The molecule has 0 aromatic carbocycles. The van der Waals surface area contributed by atoms with Gasteiger partial charge in [-0.25, -0.2) is 9.67 Å². The molecule has 0 aliphatic heterocycles. The van der Waals surface area contributed by atoms with Crippen molar-refractivity contribution in [3.63, 3.8) is 0 Å². The third-order valence-electron chi connectivity index (χ3n) is 3.03. The molecule has 2 rings (SSSR count). The minimum absolute atomic E-state index is 0.0118. The van der Waals surface area contributed by atoms with Crippen molar-refractivity contribution in [3.8, 4) is 0 Å². The molecule has 0 fully saturated rings. The monoisotopic (exact) mass is 342 g/mol. The Morgan fingerprint density at radius 2 is 2.11 bits per heavy atom. The zero-order chi connectivity index (χ0) is 14.0. The Hall–Kier alpha value is -0.720. The molecule has 19 heavy (non-hydrogen) atoms. The standard InChI is InChI=1S/C13H19BrN4S/c1-4-11-16-12(5-2)18(17-11)13(8(3)15)9-6-7-10(14)19-9/h6-8,13H,4-5,15H2,1-3H3. The normalized spacial score (nSPS) is 14.6. The molecule has 2 unspecified atom stereocenters. The van der Waals surface area contributed by atoms with Crippen molar-refractivity contribution in [2.75, 3.05) is 0 Å². The van der Waals surface area contributed by atoms with Crippen molar-refractivity contribution in [1.82, 2.24) is 14.8 Å². The maximum atomic E-state index is 6.19. The summed E-state index contributed by atoms with van der Waals surface area (Å²) in [4.78, 5) is 5.78. The van der Waals surface area contributed by atoms with Gasteiger partial charge in [-0.05, 0) is 35.0 Å². The highest BCUT2D eigenvalue weighted by Crippen LogP contribution is 2.31. The molecule has 0 bridgehead atoms. The molecule has 0 amide bonds. The topological polar surface area (TPSA) is 56.7 Å². The van der Waals surface area contributed by atoms with E-state index in [2.05, 4.69) is 52.0 Å². The fourth-order valence-corrected chi connectivity index (χ4v) is 3.73. The van der Waals surface area contributed by atoms with E-state index in [1.54, 1.807) is 11.3 Å². The van der Waals surface area contributed by atoms with Crippen LogP contribution >= 0.6 is 27.3 Å². The number of hydrogen-bond acceptors (Lipinski definition) is 4. The molecule has 104 valence electrons. The molecule has 6 heteroatoms. The van der Waals surface area contributed by atoms with E-state index < -0.39 is 0 Å². The van der Waals surface area contributed by atoms with Crippen LogP contribution in [0.25, 0.3) is 0 Å². The van der Waals surface area contributed by atoms with Crippen LogP contribution in [0.5, 0.6) is 0 Å². The summed E-state index contributed by atoms with van der Waals surface area (Å²) in [7, 11) is 0. The highest BCUT2D eigenvalue weighted by Gasteiger charge is 2.24. The summed E-state index contributed by atoms with van der Waals surface area (Å²) in [5, 5.41) is 4.62. The van der Waals surface area contributed by atoms with Crippen LogP contribution in [0, 0.1) is 0 Å². The molecule has 4 nitrogen and oxygen atoms in total. The van der Waals surface area contributed by atoms with E-state index in [4.69, 9.17) is 5.73 Å². The zero-order valence-corrected chi connectivity index (χ0v) is 13.8. The lowest BCUT2D eigenvalue weighted by Gasteiger charge is -2.21. The number of aryl methyl sites for hydroxylation is 2. The molecular weight excluding hydrogens is 324 g/mol. The predicted octanol–water partition coefficient (Wildman–Crippen LogP) is 3.16. The summed E-state index contributed by atoms with van der Waals surface area (Å²) in [6, 6.07) is 4.20. The van der Waals surface area contributed by atoms with E-state index in [-0.39, 0.29) is 12.1 Å². The Labute approximate surface area is 126 Å². The van der Waals surface area contributed by atoms with Gasteiger partial charge in [0.25, 0.3) is 0 Å². The van der Waals surface area contributed by atoms with E-state index in [9.17, 15) is 0 Å². The summed E-state index contributed by atoms with van der Waals surface area (Å²) in [6.45, 7) is 6.19. The molecule has 0 saturated heterocycles. The number of nitrogens with two attached hydrogens (primary N) is 1. The van der Waals surface area contributed by atoms with Crippen LogP contribution in [0.4, 0.5) is 0 Å². The lowest BCUT2D eigenvalue weighted by Crippen LogP contribution is -2.31. The summed E-state index contributed by atoms with van der Waals surface area (Å²) >= 11 is 5.21. The van der Waals surface area contributed by atoms with Gasteiger partial charge in [0.05, 0.1) is 3.79 Å². The fraction of sp³-hybridized carbons (Fsp3) is 0.538. The number of thiophene rings is 1.